The maximum Gasteiger partial charge on any atom is 0.343 e. The molecule has 0 aliphatic carbocycles. The van der Waals surface area contributed by atoms with Gasteiger partial charge in [0.25, 0.3) is 11.8 Å². The van der Waals surface area contributed by atoms with E-state index in [1.165, 1.54) is 13.0 Å². The van der Waals surface area contributed by atoms with Crippen molar-refractivity contribution in [3.8, 4) is 11.4 Å². The third-order valence-corrected chi connectivity index (χ3v) is 6.58. The molecular formula is C30H32F2N4O3. The number of carbonyl (C=O) groups is 2. The number of rotatable bonds is 8. The number of benzene rings is 2. The van der Waals surface area contributed by atoms with E-state index in [0.29, 0.717) is 48.9 Å². The zero-order valence-electron chi connectivity index (χ0n) is 22.4. The summed E-state index contributed by atoms with van der Waals surface area (Å²) in [6, 6.07) is 12.2. The number of hydrogen-bond acceptors (Lipinski definition) is 5. The number of unbranched alkanes of at least 4 members (excludes halogenated alkanes) is 1. The predicted molar refractivity (Wildman–Crippen MR) is 145 cm³/mol. The first-order valence-electron chi connectivity index (χ1n) is 13.1. The number of piperazine rings is 1. The Kier molecular flexibility index (Phi) is 8.69. The topological polar surface area (TPSA) is 79.5 Å². The molecule has 39 heavy (non-hydrogen) atoms. The summed E-state index contributed by atoms with van der Waals surface area (Å²) in [5, 5.41) is 3.66. The average Bonchev–Trinajstić information content (AvgIpc) is 3.45. The van der Waals surface area contributed by atoms with Crippen molar-refractivity contribution in [2.24, 2.45) is 0 Å². The lowest BCUT2D eigenvalue weighted by molar-refractivity contribution is 0.0158. The van der Waals surface area contributed by atoms with Gasteiger partial charge in [0, 0.05) is 42.9 Å². The molecule has 0 atom stereocenters. The molecule has 0 radical (unpaired) electrons. The molecule has 0 unspecified atom stereocenters. The Morgan fingerprint density at radius 3 is 2.31 bits per heavy atom. The number of halogens is 2. The molecule has 1 saturated heterocycles. The van der Waals surface area contributed by atoms with Crippen LogP contribution in [0.3, 0.4) is 0 Å². The van der Waals surface area contributed by atoms with E-state index in [-0.39, 0.29) is 17.6 Å². The maximum atomic E-state index is 14.1. The van der Waals surface area contributed by atoms with Crippen molar-refractivity contribution >= 4 is 17.9 Å². The van der Waals surface area contributed by atoms with Gasteiger partial charge in [-0.3, -0.25) is 9.59 Å². The summed E-state index contributed by atoms with van der Waals surface area (Å²) in [5.41, 5.74) is 3.54. The largest absolute Gasteiger partial charge is 0.343 e. The van der Waals surface area contributed by atoms with Crippen LogP contribution in [0.2, 0.25) is 0 Å². The van der Waals surface area contributed by atoms with Crippen LogP contribution in [0, 0.1) is 6.92 Å². The van der Waals surface area contributed by atoms with Crippen molar-refractivity contribution < 1.29 is 22.9 Å². The standard InChI is InChI=1S/C30H32F2N4O3/c1-4-6-7-9-22-12-13-25(19-21(22)3)28(38)36-17-15-35(16-18-36)27(37)24-11-8-10-23(20-24)26-33-29(39-34-26)30(31,32)14-5-2/h5,7-14,19-20H,4,6,15-18H2,1-3H3. The van der Waals surface area contributed by atoms with E-state index in [1.54, 1.807) is 34.1 Å². The molecule has 204 valence electrons. The zero-order valence-corrected chi connectivity index (χ0v) is 22.4. The van der Waals surface area contributed by atoms with Crippen molar-refractivity contribution in [2.75, 3.05) is 26.2 Å². The van der Waals surface area contributed by atoms with Gasteiger partial charge in [-0.2, -0.15) is 13.8 Å². The lowest BCUT2D eigenvalue weighted by Crippen LogP contribution is -2.50. The van der Waals surface area contributed by atoms with Crippen molar-refractivity contribution in [1.82, 2.24) is 19.9 Å². The van der Waals surface area contributed by atoms with Gasteiger partial charge in [0.05, 0.1) is 0 Å². The highest BCUT2D eigenvalue weighted by molar-refractivity contribution is 5.96. The molecule has 0 bridgehead atoms. The van der Waals surface area contributed by atoms with Gasteiger partial charge in [-0.1, -0.05) is 54.9 Å². The molecule has 1 aromatic heterocycles. The molecule has 4 rings (SSSR count). The number of nitrogens with zero attached hydrogens (tertiary/aromatic N) is 4. The highest BCUT2D eigenvalue weighted by Gasteiger charge is 2.35. The molecule has 1 fully saturated rings. The first-order chi connectivity index (χ1) is 18.7. The summed E-state index contributed by atoms with van der Waals surface area (Å²) in [7, 11) is 0. The quantitative estimate of drug-likeness (QED) is 0.325. The van der Waals surface area contributed by atoms with Gasteiger partial charge in [0.2, 0.25) is 5.82 Å². The van der Waals surface area contributed by atoms with Gasteiger partial charge in [-0.25, -0.2) is 0 Å². The lowest BCUT2D eigenvalue weighted by Gasteiger charge is -2.35. The van der Waals surface area contributed by atoms with Crippen LogP contribution in [0.5, 0.6) is 0 Å². The molecule has 2 amide bonds. The lowest BCUT2D eigenvalue weighted by atomic mass is 10.0. The van der Waals surface area contributed by atoms with Crippen LogP contribution >= 0.6 is 0 Å². The van der Waals surface area contributed by atoms with Crippen LogP contribution in [0.25, 0.3) is 17.5 Å². The van der Waals surface area contributed by atoms with Gasteiger partial charge < -0.3 is 14.3 Å². The summed E-state index contributed by atoms with van der Waals surface area (Å²) in [6.45, 7) is 7.19. The van der Waals surface area contributed by atoms with Crippen molar-refractivity contribution in [3.63, 3.8) is 0 Å². The second-order valence-electron chi connectivity index (χ2n) is 9.47. The van der Waals surface area contributed by atoms with E-state index in [9.17, 15) is 18.4 Å². The maximum absolute atomic E-state index is 14.1. The molecule has 9 heteroatoms. The molecule has 3 aromatic rings. The van der Waals surface area contributed by atoms with Crippen LogP contribution in [-0.4, -0.2) is 57.9 Å². The van der Waals surface area contributed by atoms with Gasteiger partial charge in [-0.15, -0.1) is 0 Å². The Morgan fingerprint density at radius 1 is 1.03 bits per heavy atom. The van der Waals surface area contributed by atoms with Crippen LogP contribution in [-0.2, 0) is 5.92 Å². The van der Waals surface area contributed by atoms with E-state index < -0.39 is 11.8 Å². The number of amides is 2. The Bertz CT molecular complexity index is 1390. The van der Waals surface area contributed by atoms with Gasteiger partial charge in [0.15, 0.2) is 0 Å². The first kappa shape index (κ1) is 27.9. The van der Waals surface area contributed by atoms with Crippen molar-refractivity contribution in [3.05, 3.63) is 88.8 Å². The summed E-state index contributed by atoms with van der Waals surface area (Å²) in [6.07, 6.45) is 8.21. The zero-order chi connectivity index (χ0) is 28.0. The van der Waals surface area contributed by atoms with E-state index in [2.05, 4.69) is 29.2 Å². The average molecular weight is 535 g/mol. The van der Waals surface area contributed by atoms with E-state index in [4.69, 9.17) is 4.52 Å². The number of aromatic nitrogens is 2. The second-order valence-corrected chi connectivity index (χ2v) is 9.47. The summed E-state index contributed by atoms with van der Waals surface area (Å²) < 4.78 is 32.9. The Hall–Kier alpha value is -4.14. The number of allylic oxidation sites excluding steroid dienone is 3. The number of carbonyl (C=O) groups excluding carboxylic acids is 2. The molecule has 2 heterocycles. The Morgan fingerprint density at radius 2 is 1.69 bits per heavy atom. The summed E-state index contributed by atoms with van der Waals surface area (Å²) in [5.74, 6) is -4.49. The van der Waals surface area contributed by atoms with Crippen LogP contribution in [0.4, 0.5) is 8.78 Å². The van der Waals surface area contributed by atoms with E-state index >= 15 is 0 Å². The number of aryl methyl sites for hydroxylation is 1. The minimum atomic E-state index is -3.38. The molecule has 1 aliphatic heterocycles. The van der Waals surface area contributed by atoms with Crippen molar-refractivity contribution in [1.29, 1.82) is 0 Å². The predicted octanol–water partition coefficient (Wildman–Crippen LogP) is 6.12. The molecule has 0 N–H and O–H groups in total. The third-order valence-electron chi connectivity index (χ3n) is 6.58. The summed E-state index contributed by atoms with van der Waals surface area (Å²) >= 11 is 0. The van der Waals surface area contributed by atoms with Gasteiger partial charge >= 0.3 is 11.8 Å². The SMILES string of the molecule is CC=CC(F)(F)c1nc(-c2cccc(C(=O)N3CCN(C(=O)c4ccc(C=CCCC)c(C)c4)CC3)c2)no1. The minimum Gasteiger partial charge on any atom is -0.335 e. The van der Waals surface area contributed by atoms with Gasteiger partial charge in [-0.05, 0) is 61.7 Å². The third kappa shape index (κ3) is 6.47. The molecule has 2 aromatic carbocycles. The fraction of sp³-hybridized carbons (Fsp3) is 0.333. The Labute approximate surface area is 226 Å². The molecule has 0 saturated carbocycles. The molecule has 0 spiro atoms. The molecule has 7 nitrogen and oxygen atoms in total. The highest BCUT2D eigenvalue weighted by atomic mass is 19.3. The van der Waals surface area contributed by atoms with Crippen LogP contribution in [0.15, 0.2) is 65.2 Å². The smallest absolute Gasteiger partial charge is 0.335 e. The Balaban J connectivity index is 1.39. The van der Waals surface area contributed by atoms with E-state index in [1.807, 2.05) is 25.1 Å². The molecule has 1 aliphatic rings. The fourth-order valence-electron chi connectivity index (χ4n) is 4.40. The number of alkyl halides is 2. The van der Waals surface area contributed by atoms with E-state index in [0.717, 1.165) is 24.0 Å². The monoisotopic (exact) mass is 534 g/mol. The van der Waals surface area contributed by atoms with Crippen LogP contribution < -0.4 is 0 Å². The summed E-state index contributed by atoms with van der Waals surface area (Å²) in [4.78, 5) is 33.6. The normalized spacial score (nSPS) is 14.5. The first-order valence-corrected chi connectivity index (χ1v) is 13.1. The van der Waals surface area contributed by atoms with Gasteiger partial charge in [0.1, 0.15) is 0 Å². The fourth-order valence-corrected chi connectivity index (χ4v) is 4.40. The van der Waals surface area contributed by atoms with Crippen molar-refractivity contribution in [2.45, 2.75) is 39.5 Å². The van der Waals surface area contributed by atoms with Crippen LogP contribution in [0.1, 0.15) is 64.4 Å². The second kappa shape index (κ2) is 12.1. The molecular weight excluding hydrogens is 502 g/mol. The minimum absolute atomic E-state index is 0.0265. The number of hydrogen-bond donors (Lipinski definition) is 0. The highest BCUT2D eigenvalue weighted by Crippen LogP contribution is 2.30.